The summed E-state index contributed by atoms with van der Waals surface area (Å²) in [5.74, 6) is 0.379. The molecular formula is C21H27N5O3. The van der Waals surface area contributed by atoms with Crippen molar-refractivity contribution in [3.05, 3.63) is 57.5 Å². The number of nitrogens with one attached hydrogen (secondary N) is 2. The molecule has 3 amide bonds. The maximum Gasteiger partial charge on any atom is 0.320 e. The van der Waals surface area contributed by atoms with E-state index in [1.807, 2.05) is 21.9 Å². The third-order valence-electron chi connectivity index (χ3n) is 6.22. The van der Waals surface area contributed by atoms with Crippen molar-refractivity contribution in [2.45, 2.75) is 19.4 Å². The molecule has 0 radical (unpaired) electrons. The maximum absolute atomic E-state index is 12.9. The van der Waals surface area contributed by atoms with Crippen LogP contribution in [-0.4, -0.2) is 70.6 Å². The number of benzene rings is 1. The first-order chi connectivity index (χ1) is 13.9. The van der Waals surface area contributed by atoms with Gasteiger partial charge in [0, 0.05) is 57.3 Å². The Morgan fingerprint density at radius 3 is 2.59 bits per heavy atom. The molecule has 29 heavy (non-hydrogen) atoms. The minimum absolute atomic E-state index is 0.00406. The Hall–Kier alpha value is -3.03. The second-order valence-electron chi connectivity index (χ2n) is 8.30. The topological polar surface area (TPSA) is 92.5 Å². The van der Waals surface area contributed by atoms with E-state index in [4.69, 9.17) is 0 Å². The zero-order valence-electron chi connectivity index (χ0n) is 17.0. The minimum Gasteiger partial charge on any atom is -0.342 e. The van der Waals surface area contributed by atoms with Gasteiger partial charge in [-0.2, -0.15) is 0 Å². The normalized spacial score (nSPS) is 23.3. The zero-order valence-corrected chi connectivity index (χ0v) is 17.0. The molecule has 8 nitrogen and oxygen atoms in total. The van der Waals surface area contributed by atoms with Crippen LogP contribution < -0.4 is 5.56 Å². The van der Waals surface area contributed by atoms with Crippen LogP contribution >= 0.6 is 0 Å². The molecule has 154 valence electrons. The number of urea groups is 1. The van der Waals surface area contributed by atoms with Crippen LogP contribution in [0.2, 0.25) is 0 Å². The molecule has 3 atom stereocenters. The molecule has 0 saturated carbocycles. The van der Waals surface area contributed by atoms with E-state index in [0.717, 1.165) is 11.1 Å². The molecule has 1 aromatic carbocycles. The summed E-state index contributed by atoms with van der Waals surface area (Å²) in [4.78, 5) is 42.8. The number of nitrogens with zero attached hydrogens (tertiary/aromatic N) is 3. The van der Waals surface area contributed by atoms with Crippen LogP contribution in [0.15, 0.2) is 35.3 Å². The van der Waals surface area contributed by atoms with E-state index in [1.54, 1.807) is 25.2 Å². The van der Waals surface area contributed by atoms with Crippen LogP contribution in [0.5, 0.6) is 0 Å². The number of hydrogen-bond acceptors (Lipinski definition) is 3. The first-order valence-electron chi connectivity index (χ1n) is 9.93. The van der Waals surface area contributed by atoms with Gasteiger partial charge in [-0.05, 0) is 18.1 Å². The van der Waals surface area contributed by atoms with Crippen molar-refractivity contribution < 1.29 is 9.59 Å². The van der Waals surface area contributed by atoms with Crippen molar-refractivity contribution in [2.24, 2.45) is 11.8 Å². The molecule has 2 fully saturated rings. The number of rotatable bonds is 3. The number of H-pyrrole nitrogens is 2. The lowest BCUT2D eigenvalue weighted by Crippen LogP contribution is -2.42. The van der Waals surface area contributed by atoms with E-state index in [9.17, 15) is 14.4 Å². The molecule has 8 heteroatoms. The van der Waals surface area contributed by atoms with Gasteiger partial charge in [0.2, 0.25) is 5.91 Å². The zero-order chi connectivity index (χ0) is 20.7. The fourth-order valence-corrected chi connectivity index (χ4v) is 4.76. The maximum atomic E-state index is 12.9. The molecule has 0 bridgehead atoms. The molecule has 0 unspecified atom stereocenters. The predicted molar refractivity (Wildman–Crippen MR) is 108 cm³/mol. The SMILES string of the molecule is Cc1ccccc1[C@H]1[C@@H]2CN(C(=O)Cc3c[nH][nH]c3=O)C[C@@H]2CN1C(=O)N(C)C. The summed E-state index contributed by atoms with van der Waals surface area (Å²) in [5, 5.41) is 5.11. The number of aromatic amines is 2. The standard InChI is InChI=1S/C21H27N5O3/c1-13-6-4-5-7-16(13)19-17-12-25(18(27)8-14-9-22-23-20(14)28)10-15(17)11-26(19)21(29)24(2)3/h4-7,9,15,17,19H,8,10-12H2,1-3H3,(H2,22,23,28)/t15-,17-,19+/m1/s1. The number of amides is 3. The van der Waals surface area contributed by atoms with Crippen LogP contribution in [0.1, 0.15) is 22.7 Å². The molecule has 3 heterocycles. The first kappa shape index (κ1) is 19.3. The van der Waals surface area contributed by atoms with Gasteiger partial charge in [0.05, 0.1) is 12.5 Å². The Labute approximate surface area is 169 Å². The second-order valence-corrected chi connectivity index (χ2v) is 8.30. The molecule has 2 N–H and O–H groups in total. The lowest BCUT2D eigenvalue weighted by molar-refractivity contribution is -0.129. The van der Waals surface area contributed by atoms with Gasteiger partial charge in [-0.15, -0.1) is 0 Å². The smallest absolute Gasteiger partial charge is 0.320 e. The molecular weight excluding hydrogens is 370 g/mol. The number of carbonyl (C=O) groups excluding carboxylic acids is 2. The Morgan fingerprint density at radius 2 is 1.93 bits per heavy atom. The predicted octanol–water partition coefficient (Wildman–Crippen LogP) is 1.37. The third-order valence-corrected chi connectivity index (χ3v) is 6.22. The first-order valence-corrected chi connectivity index (χ1v) is 9.93. The molecule has 0 spiro atoms. The largest absolute Gasteiger partial charge is 0.342 e. The van der Waals surface area contributed by atoms with E-state index in [0.29, 0.717) is 25.2 Å². The van der Waals surface area contributed by atoms with Crippen LogP contribution in [-0.2, 0) is 11.2 Å². The average Bonchev–Trinajstić information content (AvgIpc) is 3.36. The number of aryl methyl sites for hydroxylation is 1. The van der Waals surface area contributed by atoms with Gasteiger partial charge in [-0.3, -0.25) is 14.7 Å². The van der Waals surface area contributed by atoms with Crippen molar-refractivity contribution in [3.8, 4) is 0 Å². The number of carbonyl (C=O) groups is 2. The molecule has 2 aliphatic heterocycles. The monoisotopic (exact) mass is 397 g/mol. The van der Waals surface area contributed by atoms with E-state index in [2.05, 4.69) is 29.3 Å². The van der Waals surface area contributed by atoms with E-state index in [-0.39, 0.29) is 41.8 Å². The van der Waals surface area contributed by atoms with Gasteiger partial charge in [0.15, 0.2) is 0 Å². The molecule has 2 saturated heterocycles. The van der Waals surface area contributed by atoms with E-state index < -0.39 is 0 Å². The number of likely N-dealkylation sites (tertiary alicyclic amines) is 2. The third kappa shape index (κ3) is 3.43. The quantitative estimate of drug-likeness (QED) is 0.819. The van der Waals surface area contributed by atoms with Crippen molar-refractivity contribution in [1.82, 2.24) is 24.9 Å². The summed E-state index contributed by atoms with van der Waals surface area (Å²) in [6, 6.07) is 8.11. The summed E-state index contributed by atoms with van der Waals surface area (Å²) in [6.07, 6.45) is 1.64. The van der Waals surface area contributed by atoms with Crippen molar-refractivity contribution in [2.75, 3.05) is 33.7 Å². The van der Waals surface area contributed by atoms with Gasteiger partial charge < -0.3 is 19.8 Å². The summed E-state index contributed by atoms with van der Waals surface area (Å²) < 4.78 is 0. The highest BCUT2D eigenvalue weighted by molar-refractivity contribution is 5.79. The van der Waals surface area contributed by atoms with Crippen LogP contribution in [0.25, 0.3) is 0 Å². The van der Waals surface area contributed by atoms with Crippen LogP contribution in [0.3, 0.4) is 0 Å². The summed E-state index contributed by atoms with van der Waals surface area (Å²) >= 11 is 0. The van der Waals surface area contributed by atoms with Gasteiger partial charge >= 0.3 is 6.03 Å². The molecule has 1 aromatic heterocycles. The van der Waals surface area contributed by atoms with Crippen LogP contribution in [0.4, 0.5) is 4.79 Å². The lowest BCUT2D eigenvalue weighted by atomic mass is 9.88. The van der Waals surface area contributed by atoms with Gasteiger partial charge in [-0.1, -0.05) is 24.3 Å². The number of aromatic nitrogens is 2. The van der Waals surface area contributed by atoms with Crippen molar-refractivity contribution in [1.29, 1.82) is 0 Å². The molecule has 2 aromatic rings. The Morgan fingerprint density at radius 1 is 1.17 bits per heavy atom. The number of fused-ring (bicyclic) bond motifs is 1. The Kier molecular flexibility index (Phi) is 4.94. The van der Waals surface area contributed by atoms with Gasteiger partial charge in [-0.25, -0.2) is 4.79 Å². The fraction of sp³-hybridized carbons (Fsp3) is 0.476. The average molecular weight is 397 g/mol. The van der Waals surface area contributed by atoms with Crippen molar-refractivity contribution in [3.63, 3.8) is 0 Å². The van der Waals surface area contributed by atoms with Gasteiger partial charge in [0.1, 0.15) is 0 Å². The van der Waals surface area contributed by atoms with Gasteiger partial charge in [0.25, 0.3) is 5.56 Å². The highest BCUT2D eigenvalue weighted by Crippen LogP contribution is 2.46. The highest BCUT2D eigenvalue weighted by Gasteiger charge is 2.50. The number of hydrogen-bond donors (Lipinski definition) is 2. The molecule has 2 aliphatic rings. The molecule has 4 rings (SSSR count). The van der Waals surface area contributed by atoms with Crippen LogP contribution in [0, 0.1) is 18.8 Å². The minimum atomic E-state index is -0.252. The Balaban J connectivity index is 1.58. The van der Waals surface area contributed by atoms with Crippen molar-refractivity contribution >= 4 is 11.9 Å². The van der Waals surface area contributed by atoms with E-state index in [1.165, 1.54) is 0 Å². The molecule has 0 aliphatic carbocycles. The van der Waals surface area contributed by atoms with E-state index >= 15 is 0 Å². The summed E-state index contributed by atoms with van der Waals surface area (Å²) in [6.45, 7) is 3.92. The summed E-state index contributed by atoms with van der Waals surface area (Å²) in [5.41, 5.74) is 2.50. The second kappa shape index (κ2) is 7.42. The summed E-state index contributed by atoms with van der Waals surface area (Å²) in [7, 11) is 3.55. The lowest BCUT2D eigenvalue weighted by Gasteiger charge is -2.32. The highest BCUT2D eigenvalue weighted by atomic mass is 16.2. The Bertz CT molecular complexity index is 978. The fourth-order valence-electron chi connectivity index (χ4n) is 4.76.